The molecule has 1 aliphatic heterocycles. The van der Waals surface area contributed by atoms with Gasteiger partial charge in [-0.2, -0.15) is 5.06 Å². The van der Waals surface area contributed by atoms with Gasteiger partial charge >= 0.3 is 0 Å². The van der Waals surface area contributed by atoms with Crippen LogP contribution < -0.4 is 0 Å². The Kier molecular flexibility index (Phi) is 6.98. The molecule has 3 heteroatoms. The van der Waals surface area contributed by atoms with Gasteiger partial charge in [0.2, 0.25) is 0 Å². The van der Waals surface area contributed by atoms with Gasteiger partial charge in [-0.05, 0) is 47.6 Å². The van der Waals surface area contributed by atoms with Gasteiger partial charge in [-0.25, -0.2) is 0 Å². The molecule has 0 radical (unpaired) electrons. The molecule has 0 spiro atoms. The second-order valence-corrected chi connectivity index (χ2v) is 6.21. The monoisotopic (exact) mass is 327 g/mol. The van der Waals surface area contributed by atoms with Crippen molar-refractivity contribution >= 4 is 0 Å². The van der Waals surface area contributed by atoms with Crippen molar-refractivity contribution in [2.75, 3.05) is 7.11 Å². The number of fused-ring (bicyclic) bond motifs is 1. The fourth-order valence-electron chi connectivity index (χ4n) is 3.05. The van der Waals surface area contributed by atoms with Gasteiger partial charge in [0.05, 0.1) is 6.10 Å². The van der Waals surface area contributed by atoms with Gasteiger partial charge in [-0.15, -0.1) is 0 Å². The highest BCUT2D eigenvalue weighted by atomic mass is 16.5. The molecule has 0 fully saturated rings. The summed E-state index contributed by atoms with van der Waals surface area (Å²) in [5.41, 5.74) is 6.68. The van der Waals surface area contributed by atoms with Crippen LogP contribution in [0, 0.1) is 0 Å². The van der Waals surface area contributed by atoms with E-state index in [9.17, 15) is 5.21 Å². The summed E-state index contributed by atoms with van der Waals surface area (Å²) in [6, 6.07) is 14.7. The molecule has 0 saturated carbocycles. The van der Waals surface area contributed by atoms with E-state index in [0.29, 0.717) is 13.1 Å². The largest absolute Gasteiger partial charge is 0.377 e. The van der Waals surface area contributed by atoms with E-state index in [2.05, 4.69) is 38.1 Å². The lowest BCUT2D eigenvalue weighted by molar-refractivity contribution is -0.0969. The van der Waals surface area contributed by atoms with E-state index < -0.39 is 0 Å². The summed E-state index contributed by atoms with van der Waals surface area (Å²) in [4.78, 5) is 0. The third-order valence-electron chi connectivity index (χ3n) is 4.61. The highest BCUT2D eigenvalue weighted by Gasteiger charge is 2.18. The molecule has 130 valence electrons. The highest BCUT2D eigenvalue weighted by molar-refractivity contribution is 5.40. The summed E-state index contributed by atoms with van der Waals surface area (Å²) in [6.45, 7) is 7.78. The predicted molar refractivity (Wildman–Crippen MR) is 98.1 cm³/mol. The number of aryl methyl sites for hydroxylation is 2. The normalized spacial score (nSPS) is 14.7. The molecule has 3 rings (SSSR count). The number of hydrogen-bond donors (Lipinski definition) is 1. The smallest absolute Gasteiger partial charge is 0.0793 e. The van der Waals surface area contributed by atoms with E-state index in [-0.39, 0.29) is 6.10 Å². The molecule has 24 heavy (non-hydrogen) atoms. The summed E-state index contributed by atoms with van der Waals surface area (Å²) >= 11 is 0. The number of rotatable bonds is 4. The molecule has 0 aliphatic carbocycles. The van der Waals surface area contributed by atoms with Crippen LogP contribution in [0.25, 0.3) is 0 Å². The van der Waals surface area contributed by atoms with Crippen LogP contribution in [0.15, 0.2) is 42.5 Å². The summed E-state index contributed by atoms with van der Waals surface area (Å²) in [6.07, 6.45) is 2.38. The van der Waals surface area contributed by atoms with Crippen LogP contribution in [0.5, 0.6) is 0 Å². The minimum atomic E-state index is 0.209. The molecule has 0 amide bonds. The third kappa shape index (κ3) is 4.67. The molecule has 3 nitrogen and oxygen atoms in total. The first-order valence-electron chi connectivity index (χ1n) is 8.74. The zero-order chi connectivity index (χ0) is 17.5. The molecule has 1 unspecified atom stereocenters. The third-order valence-corrected chi connectivity index (χ3v) is 4.61. The summed E-state index contributed by atoms with van der Waals surface area (Å²) in [5.74, 6) is 0. The molecule has 0 bridgehead atoms. The maximum absolute atomic E-state index is 9.41. The Morgan fingerprint density at radius 1 is 1.00 bits per heavy atom. The van der Waals surface area contributed by atoms with Crippen molar-refractivity contribution in [2.45, 2.75) is 52.8 Å². The quantitative estimate of drug-likeness (QED) is 0.866. The molecule has 1 heterocycles. The number of methoxy groups -OCH3 is 1. The Labute approximate surface area is 145 Å². The first-order chi connectivity index (χ1) is 11.6. The molecule has 1 N–H and O–H groups in total. The minimum absolute atomic E-state index is 0.209. The van der Waals surface area contributed by atoms with Gasteiger partial charge in [-0.1, -0.05) is 56.3 Å². The molecule has 0 saturated heterocycles. The Morgan fingerprint density at radius 2 is 1.50 bits per heavy atom. The lowest BCUT2D eigenvalue weighted by Crippen LogP contribution is -2.08. The molecular formula is C21H29NO2. The molecule has 1 aliphatic rings. The summed E-state index contributed by atoms with van der Waals surface area (Å²) in [5, 5.41) is 10.8. The van der Waals surface area contributed by atoms with E-state index >= 15 is 0 Å². The number of nitrogens with zero attached hydrogens (tertiary/aromatic N) is 1. The zero-order valence-corrected chi connectivity index (χ0v) is 15.2. The van der Waals surface area contributed by atoms with Crippen molar-refractivity contribution in [1.29, 1.82) is 0 Å². The van der Waals surface area contributed by atoms with E-state index in [4.69, 9.17) is 4.74 Å². The SMILES string of the molecule is CCc1cc2c(cc1CC)CN(O)C2.COC(C)c1ccccc1. The second kappa shape index (κ2) is 8.97. The zero-order valence-electron chi connectivity index (χ0n) is 15.2. The van der Waals surface area contributed by atoms with Gasteiger partial charge < -0.3 is 9.94 Å². The van der Waals surface area contributed by atoms with Crippen LogP contribution in [0.3, 0.4) is 0 Å². The average Bonchev–Trinajstić information content (AvgIpc) is 2.99. The van der Waals surface area contributed by atoms with Crippen LogP contribution >= 0.6 is 0 Å². The number of ether oxygens (including phenoxy) is 1. The van der Waals surface area contributed by atoms with E-state index in [1.54, 1.807) is 7.11 Å². The predicted octanol–water partition coefficient (Wildman–Crippen LogP) is 4.91. The van der Waals surface area contributed by atoms with E-state index in [1.807, 2.05) is 25.1 Å². The van der Waals surface area contributed by atoms with E-state index in [1.165, 1.54) is 32.9 Å². The lowest BCUT2D eigenvalue weighted by atomic mass is 9.97. The highest BCUT2D eigenvalue weighted by Crippen LogP contribution is 2.25. The van der Waals surface area contributed by atoms with Crippen LogP contribution in [-0.4, -0.2) is 17.4 Å². The Balaban J connectivity index is 0.000000185. The van der Waals surface area contributed by atoms with Crippen LogP contribution in [0.2, 0.25) is 0 Å². The molecule has 0 aromatic heterocycles. The van der Waals surface area contributed by atoms with Crippen molar-refractivity contribution in [3.05, 3.63) is 70.3 Å². The van der Waals surface area contributed by atoms with Crippen LogP contribution in [0.1, 0.15) is 54.7 Å². The van der Waals surface area contributed by atoms with Crippen molar-refractivity contribution in [2.24, 2.45) is 0 Å². The molecule has 1 atom stereocenters. The van der Waals surface area contributed by atoms with Gasteiger partial charge in [-0.3, -0.25) is 0 Å². The summed E-state index contributed by atoms with van der Waals surface area (Å²) < 4.78 is 5.14. The lowest BCUT2D eigenvalue weighted by Gasteiger charge is -2.08. The Bertz CT molecular complexity index is 607. The molecular weight excluding hydrogens is 298 g/mol. The fraction of sp³-hybridized carbons (Fsp3) is 0.429. The van der Waals surface area contributed by atoms with Crippen LogP contribution in [-0.2, 0) is 30.7 Å². The van der Waals surface area contributed by atoms with Crippen LogP contribution in [0.4, 0.5) is 0 Å². The first-order valence-corrected chi connectivity index (χ1v) is 8.74. The van der Waals surface area contributed by atoms with Crippen molar-refractivity contribution in [1.82, 2.24) is 5.06 Å². The summed E-state index contributed by atoms with van der Waals surface area (Å²) in [7, 11) is 1.72. The maximum Gasteiger partial charge on any atom is 0.0793 e. The first kappa shape index (κ1) is 18.7. The average molecular weight is 327 g/mol. The van der Waals surface area contributed by atoms with Crippen molar-refractivity contribution in [3.63, 3.8) is 0 Å². The topological polar surface area (TPSA) is 32.7 Å². The van der Waals surface area contributed by atoms with Gasteiger partial charge in [0, 0.05) is 20.2 Å². The molecule has 2 aromatic carbocycles. The molecule has 2 aromatic rings. The van der Waals surface area contributed by atoms with Gasteiger partial charge in [0.15, 0.2) is 0 Å². The Hall–Kier alpha value is -1.68. The standard InChI is InChI=1S/C12H17NO.C9H12O/c1-3-9-5-11-7-13(14)8-12(11)6-10(9)4-2;1-8(10-2)9-6-4-3-5-7-9/h5-6,14H,3-4,7-8H2,1-2H3;3-8H,1-2H3. The van der Waals surface area contributed by atoms with Gasteiger partial charge in [0.25, 0.3) is 0 Å². The maximum atomic E-state index is 9.41. The van der Waals surface area contributed by atoms with E-state index in [0.717, 1.165) is 12.8 Å². The van der Waals surface area contributed by atoms with Crippen molar-refractivity contribution in [3.8, 4) is 0 Å². The number of hydrogen-bond acceptors (Lipinski definition) is 3. The Morgan fingerprint density at radius 3 is 1.92 bits per heavy atom. The fourth-order valence-corrected chi connectivity index (χ4v) is 3.05. The minimum Gasteiger partial charge on any atom is -0.377 e. The number of hydroxylamine groups is 2. The number of benzene rings is 2. The van der Waals surface area contributed by atoms with Crippen molar-refractivity contribution < 1.29 is 9.94 Å². The van der Waals surface area contributed by atoms with Gasteiger partial charge in [0.1, 0.15) is 0 Å². The second-order valence-electron chi connectivity index (χ2n) is 6.21.